The maximum atomic E-state index is 13.0. The third-order valence-corrected chi connectivity index (χ3v) is 8.22. The summed E-state index contributed by atoms with van der Waals surface area (Å²) in [7, 11) is 0. The molecule has 0 aliphatic carbocycles. The summed E-state index contributed by atoms with van der Waals surface area (Å²) in [4.78, 5) is 38.4. The fraction of sp³-hybridized carbons (Fsp3) is 0.903. The minimum Gasteiger partial charge on any atom is -0.455 e. The molecule has 2 fully saturated rings. The predicted molar refractivity (Wildman–Crippen MR) is 157 cm³/mol. The summed E-state index contributed by atoms with van der Waals surface area (Å²) in [6, 6.07) is 0. The molecule has 14 nitrogen and oxygen atoms in total. The summed E-state index contributed by atoms with van der Waals surface area (Å²) in [6.07, 6.45) is -5.65. The molecule has 45 heavy (non-hydrogen) atoms. The summed E-state index contributed by atoms with van der Waals surface area (Å²) in [5.41, 5.74) is 0. The van der Waals surface area contributed by atoms with Crippen LogP contribution >= 0.6 is 0 Å². The SMILES string of the molecule is CCCCCCCCCC(=O)OC1C(OC2(CO)OC(CO)C(O)C2OC(=O)C(C)CC)OC(CO)C(O)C1OC(=O)C(C)C. The van der Waals surface area contributed by atoms with E-state index in [1.807, 2.05) is 0 Å². The molecule has 14 heteroatoms. The van der Waals surface area contributed by atoms with Gasteiger partial charge < -0.3 is 54.0 Å². The summed E-state index contributed by atoms with van der Waals surface area (Å²) in [5, 5.41) is 52.2. The molecule has 2 rings (SSSR count). The standard InChI is InChI=1S/C31H54O14/c1-6-8-9-10-11-12-13-14-22(35)41-26-25(42-28(38)18(3)4)23(36)20(15-32)40-30(26)45-31(17-34)27(24(37)21(16-33)44-31)43-29(39)19(5)7-2/h18-21,23-27,30,32-34,36-37H,6-17H2,1-5H3. The van der Waals surface area contributed by atoms with E-state index in [4.69, 9.17) is 28.4 Å². The van der Waals surface area contributed by atoms with Crippen molar-refractivity contribution >= 4 is 17.9 Å². The average Bonchev–Trinajstić information content (AvgIpc) is 3.28. The molecule has 2 saturated heterocycles. The van der Waals surface area contributed by atoms with Crippen LogP contribution in [0.4, 0.5) is 0 Å². The van der Waals surface area contributed by atoms with Crippen LogP contribution in [0.2, 0.25) is 0 Å². The van der Waals surface area contributed by atoms with E-state index in [9.17, 15) is 39.9 Å². The number of aliphatic hydroxyl groups excluding tert-OH is 5. The van der Waals surface area contributed by atoms with Crippen LogP contribution in [0.3, 0.4) is 0 Å². The Morgan fingerprint density at radius 2 is 1.40 bits per heavy atom. The van der Waals surface area contributed by atoms with Gasteiger partial charge in [-0.3, -0.25) is 14.4 Å². The van der Waals surface area contributed by atoms with Crippen molar-refractivity contribution in [2.45, 2.75) is 147 Å². The van der Waals surface area contributed by atoms with Gasteiger partial charge in [-0.1, -0.05) is 73.1 Å². The van der Waals surface area contributed by atoms with Crippen molar-refractivity contribution in [2.75, 3.05) is 19.8 Å². The van der Waals surface area contributed by atoms with Crippen molar-refractivity contribution < 1.29 is 68.3 Å². The molecule has 10 atom stereocenters. The van der Waals surface area contributed by atoms with Crippen molar-refractivity contribution in [3.8, 4) is 0 Å². The molecule has 262 valence electrons. The Morgan fingerprint density at radius 3 is 1.96 bits per heavy atom. The highest BCUT2D eigenvalue weighted by atomic mass is 16.8. The molecule has 2 aliphatic rings. The molecule has 0 aromatic rings. The smallest absolute Gasteiger partial charge is 0.309 e. The fourth-order valence-corrected chi connectivity index (χ4v) is 5.12. The van der Waals surface area contributed by atoms with Crippen molar-refractivity contribution in [3.63, 3.8) is 0 Å². The first-order valence-corrected chi connectivity index (χ1v) is 16.2. The van der Waals surface area contributed by atoms with Crippen LogP contribution in [0.15, 0.2) is 0 Å². The summed E-state index contributed by atoms with van der Waals surface area (Å²) >= 11 is 0. The van der Waals surface area contributed by atoms with E-state index >= 15 is 0 Å². The zero-order valence-electron chi connectivity index (χ0n) is 27.2. The van der Waals surface area contributed by atoms with Gasteiger partial charge >= 0.3 is 17.9 Å². The predicted octanol–water partition coefficient (Wildman–Crippen LogP) is 1.10. The highest BCUT2D eigenvalue weighted by Crippen LogP contribution is 2.39. The normalized spacial score (nSPS) is 32.3. The van der Waals surface area contributed by atoms with E-state index in [2.05, 4.69) is 6.92 Å². The molecule has 0 radical (unpaired) electrons. The van der Waals surface area contributed by atoms with Crippen LogP contribution < -0.4 is 0 Å². The minimum absolute atomic E-state index is 0.00343. The van der Waals surface area contributed by atoms with E-state index in [-0.39, 0.29) is 6.42 Å². The average molecular weight is 651 g/mol. The molecule has 0 amide bonds. The molecule has 10 unspecified atom stereocenters. The van der Waals surface area contributed by atoms with Gasteiger partial charge in [0.05, 0.1) is 25.0 Å². The number of rotatable bonds is 19. The Kier molecular flexibility index (Phi) is 16.6. The monoisotopic (exact) mass is 650 g/mol. The van der Waals surface area contributed by atoms with Crippen LogP contribution in [-0.4, -0.2) is 118 Å². The van der Waals surface area contributed by atoms with Crippen LogP contribution in [0.5, 0.6) is 0 Å². The summed E-state index contributed by atoms with van der Waals surface area (Å²) < 4.78 is 34.2. The third kappa shape index (κ3) is 10.5. The molecular formula is C31H54O14. The molecule has 2 heterocycles. The number of aliphatic hydroxyl groups is 5. The maximum absolute atomic E-state index is 13.0. The second kappa shape index (κ2) is 19.0. The van der Waals surface area contributed by atoms with Crippen molar-refractivity contribution in [2.24, 2.45) is 11.8 Å². The topological polar surface area (TPSA) is 208 Å². The number of carbonyl (C=O) groups excluding carboxylic acids is 3. The Labute approximate surface area is 265 Å². The number of unbranched alkanes of at least 4 members (excludes halogenated alkanes) is 6. The second-order valence-electron chi connectivity index (χ2n) is 12.2. The Balaban J connectivity index is 2.39. The molecular weight excluding hydrogens is 596 g/mol. The summed E-state index contributed by atoms with van der Waals surface area (Å²) in [5.74, 6) is -5.76. The first-order chi connectivity index (χ1) is 21.4. The lowest BCUT2D eigenvalue weighted by molar-refractivity contribution is -0.384. The van der Waals surface area contributed by atoms with Crippen molar-refractivity contribution in [1.29, 1.82) is 0 Å². The van der Waals surface area contributed by atoms with Crippen molar-refractivity contribution in [3.05, 3.63) is 0 Å². The number of esters is 3. The van der Waals surface area contributed by atoms with E-state index in [1.54, 1.807) is 27.7 Å². The van der Waals surface area contributed by atoms with E-state index < -0.39 is 104 Å². The lowest BCUT2D eigenvalue weighted by Crippen LogP contribution is -2.65. The van der Waals surface area contributed by atoms with Gasteiger partial charge in [-0.2, -0.15) is 0 Å². The molecule has 2 aliphatic heterocycles. The molecule has 0 aromatic heterocycles. The largest absolute Gasteiger partial charge is 0.455 e. The van der Waals surface area contributed by atoms with Crippen LogP contribution in [0.1, 0.15) is 92.4 Å². The number of hydrogen-bond acceptors (Lipinski definition) is 14. The highest BCUT2D eigenvalue weighted by molar-refractivity contribution is 5.72. The van der Waals surface area contributed by atoms with Gasteiger partial charge in [0.2, 0.25) is 12.1 Å². The lowest BCUT2D eigenvalue weighted by Gasteiger charge is -2.45. The molecule has 0 aromatic carbocycles. The first-order valence-electron chi connectivity index (χ1n) is 16.2. The Hall–Kier alpha value is -1.91. The molecule has 5 N–H and O–H groups in total. The molecule has 0 saturated carbocycles. The Morgan fingerprint density at radius 1 is 0.778 bits per heavy atom. The maximum Gasteiger partial charge on any atom is 0.309 e. The lowest BCUT2D eigenvalue weighted by atomic mass is 9.97. The van der Waals surface area contributed by atoms with Gasteiger partial charge in [0.15, 0.2) is 18.3 Å². The highest BCUT2D eigenvalue weighted by Gasteiger charge is 2.62. The number of ether oxygens (including phenoxy) is 6. The third-order valence-electron chi connectivity index (χ3n) is 8.22. The molecule has 0 bridgehead atoms. The Bertz CT molecular complexity index is 915. The summed E-state index contributed by atoms with van der Waals surface area (Å²) in [6.45, 7) is 6.07. The van der Waals surface area contributed by atoms with Gasteiger partial charge in [-0.25, -0.2) is 0 Å². The van der Waals surface area contributed by atoms with Gasteiger partial charge in [-0.15, -0.1) is 0 Å². The quantitative estimate of drug-likeness (QED) is 0.0754. The zero-order chi connectivity index (χ0) is 33.7. The fourth-order valence-electron chi connectivity index (χ4n) is 5.12. The zero-order valence-corrected chi connectivity index (χ0v) is 27.2. The minimum atomic E-state index is -2.35. The van der Waals surface area contributed by atoms with Crippen LogP contribution in [0.25, 0.3) is 0 Å². The van der Waals surface area contributed by atoms with Gasteiger partial charge in [0.1, 0.15) is 31.0 Å². The van der Waals surface area contributed by atoms with E-state index in [1.165, 1.54) is 0 Å². The van der Waals surface area contributed by atoms with Gasteiger partial charge in [0, 0.05) is 6.42 Å². The van der Waals surface area contributed by atoms with Crippen LogP contribution in [-0.2, 0) is 42.8 Å². The van der Waals surface area contributed by atoms with Gasteiger partial charge in [-0.05, 0) is 12.8 Å². The van der Waals surface area contributed by atoms with E-state index in [0.717, 1.165) is 38.5 Å². The number of hydrogen-bond donors (Lipinski definition) is 5. The number of carbonyl (C=O) groups is 3. The second-order valence-corrected chi connectivity index (χ2v) is 12.2. The van der Waals surface area contributed by atoms with Crippen molar-refractivity contribution in [1.82, 2.24) is 0 Å². The molecule has 0 spiro atoms. The van der Waals surface area contributed by atoms with Gasteiger partial charge in [0.25, 0.3) is 0 Å². The van der Waals surface area contributed by atoms with Crippen LogP contribution in [0, 0.1) is 11.8 Å². The van der Waals surface area contributed by atoms with E-state index in [0.29, 0.717) is 12.8 Å². The first kappa shape index (κ1) is 39.3.